The highest BCUT2D eigenvalue weighted by atomic mass is 16.3. The molecule has 1 aliphatic rings. The molecule has 0 aromatic heterocycles. The number of hydrogen-bond acceptors (Lipinski definition) is 3. The fourth-order valence-corrected chi connectivity index (χ4v) is 1.48. The smallest absolute Gasteiger partial charge is 0.0679 e. The van der Waals surface area contributed by atoms with E-state index >= 15 is 0 Å². The molecule has 0 spiro atoms. The van der Waals surface area contributed by atoms with Crippen LogP contribution in [0, 0.1) is 5.92 Å². The van der Waals surface area contributed by atoms with Crippen LogP contribution in [0.4, 0.5) is 0 Å². The summed E-state index contributed by atoms with van der Waals surface area (Å²) >= 11 is 0. The van der Waals surface area contributed by atoms with Crippen molar-refractivity contribution >= 4 is 0 Å². The molecule has 3 heteroatoms. The van der Waals surface area contributed by atoms with Gasteiger partial charge in [0, 0.05) is 26.2 Å². The second kappa shape index (κ2) is 4.04. The Kier molecular flexibility index (Phi) is 3.30. The molecule has 0 aliphatic carbocycles. The van der Waals surface area contributed by atoms with E-state index in [1.807, 2.05) is 6.92 Å². The lowest BCUT2D eigenvalue weighted by Crippen LogP contribution is -2.28. The number of aliphatic hydroxyl groups is 2. The van der Waals surface area contributed by atoms with Gasteiger partial charge in [-0.25, -0.2) is 0 Å². The van der Waals surface area contributed by atoms with E-state index in [1.54, 1.807) is 0 Å². The van der Waals surface area contributed by atoms with Gasteiger partial charge in [-0.15, -0.1) is 0 Å². The van der Waals surface area contributed by atoms with Gasteiger partial charge in [0.05, 0.1) is 6.10 Å². The maximum Gasteiger partial charge on any atom is 0.0679 e. The Morgan fingerprint density at radius 2 is 2.36 bits per heavy atom. The maximum absolute atomic E-state index is 9.18. The first-order chi connectivity index (χ1) is 5.22. The van der Waals surface area contributed by atoms with E-state index < -0.39 is 0 Å². The van der Waals surface area contributed by atoms with Gasteiger partial charge in [-0.3, -0.25) is 0 Å². The van der Waals surface area contributed by atoms with Crippen molar-refractivity contribution in [1.29, 1.82) is 0 Å². The number of aliphatic hydroxyl groups excluding tert-OH is 2. The molecule has 11 heavy (non-hydrogen) atoms. The molecule has 0 aromatic rings. The summed E-state index contributed by atoms with van der Waals surface area (Å²) in [5.41, 5.74) is 0. The fourth-order valence-electron chi connectivity index (χ4n) is 1.48. The summed E-state index contributed by atoms with van der Waals surface area (Å²) in [7, 11) is 0. The zero-order valence-electron chi connectivity index (χ0n) is 7.03. The minimum atomic E-state index is -0.138. The van der Waals surface area contributed by atoms with Crippen LogP contribution >= 0.6 is 0 Å². The van der Waals surface area contributed by atoms with Crippen molar-refractivity contribution in [3.8, 4) is 0 Å². The Hall–Kier alpha value is -0.120. The number of β-amino-alcohol motifs (C(OH)–C–C–N with tert-alkyl or cyclic N) is 1. The number of hydrogen-bond donors (Lipinski definition) is 2. The third-order valence-corrected chi connectivity index (χ3v) is 2.13. The summed E-state index contributed by atoms with van der Waals surface area (Å²) in [5.74, 6) is 0.334. The lowest BCUT2D eigenvalue weighted by molar-refractivity contribution is 0.155. The zero-order valence-corrected chi connectivity index (χ0v) is 7.03. The Labute approximate surface area is 67.6 Å². The average Bonchev–Trinajstić information content (AvgIpc) is 2.35. The molecule has 0 saturated carbocycles. The quantitative estimate of drug-likeness (QED) is 0.593. The first-order valence-electron chi connectivity index (χ1n) is 4.23. The zero-order chi connectivity index (χ0) is 8.27. The van der Waals surface area contributed by atoms with Crippen LogP contribution in [-0.2, 0) is 0 Å². The van der Waals surface area contributed by atoms with Gasteiger partial charge in [0.1, 0.15) is 0 Å². The highest BCUT2D eigenvalue weighted by molar-refractivity contribution is 4.75. The van der Waals surface area contributed by atoms with E-state index in [4.69, 9.17) is 5.11 Å². The molecule has 1 fully saturated rings. The molecule has 0 bridgehead atoms. The first kappa shape index (κ1) is 8.97. The fraction of sp³-hybridized carbons (Fsp3) is 1.00. The topological polar surface area (TPSA) is 43.7 Å². The molecule has 2 N–H and O–H groups in total. The Balaban J connectivity index is 2.17. The van der Waals surface area contributed by atoms with E-state index in [9.17, 15) is 5.11 Å². The van der Waals surface area contributed by atoms with Crippen molar-refractivity contribution in [1.82, 2.24) is 4.90 Å². The molecule has 1 unspecified atom stereocenters. The minimum Gasteiger partial charge on any atom is -0.396 e. The summed E-state index contributed by atoms with van der Waals surface area (Å²) in [6.07, 6.45) is 0.749. The van der Waals surface area contributed by atoms with Crippen molar-refractivity contribution in [2.24, 2.45) is 5.92 Å². The molecule has 1 saturated heterocycles. The van der Waals surface area contributed by atoms with E-state index in [1.165, 1.54) is 0 Å². The predicted molar refractivity (Wildman–Crippen MR) is 43.3 cm³/mol. The summed E-state index contributed by atoms with van der Waals surface area (Å²) in [4.78, 5) is 2.20. The van der Waals surface area contributed by atoms with Crippen molar-refractivity contribution in [3.05, 3.63) is 0 Å². The van der Waals surface area contributed by atoms with Crippen molar-refractivity contribution < 1.29 is 10.2 Å². The van der Waals surface area contributed by atoms with Crippen LogP contribution in [0.25, 0.3) is 0 Å². The normalized spacial score (nSPS) is 29.2. The van der Waals surface area contributed by atoms with Gasteiger partial charge in [-0.05, 0) is 12.3 Å². The Morgan fingerprint density at radius 1 is 1.64 bits per heavy atom. The molecule has 2 atom stereocenters. The SMILES string of the molecule is CC(CO)CN1CC[C@@H](O)C1. The van der Waals surface area contributed by atoms with Crippen molar-refractivity contribution in [2.45, 2.75) is 19.4 Å². The van der Waals surface area contributed by atoms with Crippen LogP contribution in [0.15, 0.2) is 0 Å². The summed E-state index contributed by atoms with van der Waals surface area (Å²) < 4.78 is 0. The standard InChI is InChI=1S/C8H17NO2/c1-7(6-10)4-9-3-2-8(11)5-9/h7-8,10-11H,2-6H2,1H3/t7?,8-/m1/s1. The van der Waals surface area contributed by atoms with Crippen molar-refractivity contribution in [2.75, 3.05) is 26.2 Å². The van der Waals surface area contributed by atoms with E-state index in [0.717, 1.165) is 26.1 Å². The van der Waals surface area contributed by atoms with Gasteiger partial charge in [0.25, 0.3) is 0 Å². The van der Waals surface area contributed by atoms with E-state index in [2.05, 4.69) is 4.90 Å². The van der Waals surface area contributed by atoms with Crippen LogP contribution in [0.1, 0.15) is 13.3 Å². The third-order valence-electron chi connectivity index (χ3n) is 2.13. The number of likely N-dealkylation sites (tertiary alicyclic amines) is 1. The van der Waals surface area contributed by atoms with Crippen molar-refractivity contribution in [3.63, 3.8) is 0 Å². The molecule has 1 heterocycles. The van der Waals surface area contributed by atoms with Crippen LogP contribution in [0.2, 0.25) is 0 Å². The molecule has 66 valence electrons. The van der Waals surface area contributed by atoms with Crippen LogP contribution in [-0.4, -0.2) is 47.5 Å². The average molecular weight is 159 g/mol. The molecular formula is C8H17NO2. The lowest BCUT2D eigenvalue weighted by atomic mass is 10.2. The summed E-state index contributed by atoms with van der Waals surface area (Å²) in [6.45, 7) is 4.93. The molecule has 0 radical (unpaired) electrons. The largest absolute Gasteiger partial charge is 0.396 e. The minimum absolute atomic E-state index is 0.138. The molecule has 3 nitrogen and oxygen atoms in total. The number of nitrogens with zero attached hydrogens (tertiary/aromatic N) is 1. The van der Waals surface area contributed by atoms with Gasteiger partial charge >= 0.3 is 0 Å². The number of rotatable bonds is 3. The molecule has 1 aliphatic heterocycles. The first-order valence-corrected chi connectivity index (χ1v) is 4.23. The molecule has 0 aromatic carbocycles. The molecule has 0 amide bonds. The second-order valence-electron chi connectivity index (χ2n) is 3.49. The second-order valence-corrected chi connectivity index (χ2v) is 3.49. The van der Waals surface area contributed by atoms with E-state index in [-0.39, 0.29) is 12.7 Å². The van der Waals surface area contributed by atoms with Gasteiger partial charge in [-0.1, -0.05) is 6.92 Å². The summed E-state index contributed by atoms with van der Waals surface area (Å²) in [6, 6.07) is 0. The van der Waals surface area contributed by atoms with Gasteiger partial charge < -0.3 is 15.1 Å². The Bertz CT molecular complexity index is 119. The van der Waals surface area contributed by atoms with Gasteiger partial charge in [0.15, 0.2) is 0 Å². The third kappa shape index (κ3) is 2.77. The van der Waals surface area contributed by atoms with Crippen LogP contribution < -0.4 is 0 Å². The molecular weight excluding hydrogens is 142 g/mol. The van der Waals surface area contributed by atoms with E-state index in [0.29, 0.717) is 5.92 Å². The van der Waals surface area contributed by atoms with Gasteiger partial charge in [-0.2, -0.15) is 0 Å². The van der Waals surface area contributed by atoms with Gasteiger partial charge in [0.2, 0.25) is 0 Å². The van der Waals surface area contributed by atoms with Crippen LogP contribution in [0.3, 0.4) is 0 Å². The highest BCUT2D eigenvalue weighted by Gasteiger charge is 2.20. The Morgan fingerprint density at radius 3 is 2.82 bits per heavy atom. The summed E-state index contributed by atoms with van der Waals surface area (Å²) in [5, 5.41) is 18.0. The highest BCUT2D eigenvalue weighted by Crippen LogP contribution is 2.10. The maximum atomic E-state index is 9.18. The molecule has 1 rings (SSSR count). The van der Waals surface area contributed by atoms with Crippen LogP contribution in [0.5, 0.6) is 0 Å². The lowest BCUT2D eigenvalue weighted by Gasteiger charge is -2.18. The monoisotopic (exact) mass is 159 g/mol. The predicted octanol–water partition coefficient (Wildman–Crippen LogP) is -0.319.